The van der Waals surface area contributed by atoms with Crippen LogP contribution in [-0.4, -0.2) is 23.9 Å². The van der Waals surface area contributed by atoms with Crippen LogP contribution < -0.4 is 0 Å². The molecule has 0 saturated carbocycles. The molecule has 1 N–H and O–H groups in total. The summed E-state index contributed by atoms with van der Waals surface area (Å²) < 4.78 is 4.79. The van der Waals surface area contributed by atoms with E-state index in [4.69, 9.17) is 16.8 Å². The minimum absolute atomic E-state index is 0.227. The summed E-state index contributed by atoms with van der Waals surface area (Å²) in [6.45, 7) is 5.65. The maximum Gasteiger partial charge on any atom is 0.0798 e. The quantitative estimate of drug-likeness (QED) is 0.458. The smallest absolute Gasteiger partial charge is 0.0798 e. The van der Waals surface area contributed by atoms with E-state index in [1.165, 1.54) is 0 Å². The normalized spacial score (nSPS) is 42.0. The van der Waals surface area contributed by atoms with Crippen molar-refractivity contribution in [1.82, 2.24) is 0 Å². The van der Waals surface area contributed by atoms with Gasteiger partial charge in [-0.05, 0) is 6.92 Å². The van der Waals surface area contributed by atoms with Gasteiger partial charge in [0.2, 0.25) is 0 Å². The number of hydrogen-bond donors (Lipinski definition) is 1. The Balaban J connectivity index is 2.26. The maximum absolute atomic E-state index is 8.69. The van der Waals surface area contributed by atoms with E-state index in [-0.39, 0.29) is 12.2 Å². The predicted octanol–water partition coefficient (Wildman–Crippen LogP) is -0.153. The Kier molecular flexibility index (Phi) is 1.30. The van der Waals surface area contributed by atoms with E-state index in [1.54, 1.807) is 0 Å². The molecule has 7 heavy (non-hydrogen) atoms. The molecule has 1 rings (SSSR count). The molecule has 0 aromatic carbocycles. The monoisotopic (exact) mass is 100 g/mol. The molecule has 0 aliphatic carbocycles. The second kappa shape index (κ2) is 1.80. The van der Waals surface area contributed by atoms with E-state index >= 15 is 0 Å². The lowest BCUT2D eigenvalue weighted by Crippen LogP contribution is -2.03. The fourth-order valence-corrected chi connectivity index (χ4v) is 0.639. The Morgan fingerprint density at radius 2 is 2.43 bits per heavy atom. The van der Waals surface area contributed by atoms with Crippen molar-refractivity contribution in [2.24, 2.45) is 0 Å². The SMILES string of the molecule is [CH][C@H]1C[C@@H](O)CO1. The molecular formula is C5H8O2. The van der Waals surface area contributed by atoms with E-state index in [2.05, 4.69) is 0 Å². The summed E-state index contributed by atoms with van der Waals surface area (Å²) in [4.78, 5) is 0. The topological polar surface area (TPSA) is 29.5 Å². The molecule has 0 aromatic heterocycles. The Bertz CT molecular complexity index is 55.1. The van der Waals surface area contributed by atoms with Crippen LogP contribution in [0.2, 0.25) is 0 Å². The summed E-state index contributed by atoms with van der Waals surface area (Å²) >= 11 is 0. The number of aliphatic hydroxyl groups excluding tert-OH is 1. The highest BCUT2D eigenvalue weighted by Crippen LogP contribution is 2.10. The fourth-order valence-electron chi connectivity index (χ4n) is 0.639. The van der Waals surface area contributed by atoms with E-state index < -0.39 is 0 Å². The fraction of sp³-hybridized carbons (Fsp3) is 0.800. The molecule has 1 fully saturated rings. The van der Waals surface area contributed by atoms with Crippen molar-refractivity contribution in [3.63, 3.8) is 0 Å². The van der Waals surface area contributed by atoms with Gasteiger partial charge in [0.15, 0.2) is 0 Å². The minimum Gasteiger partial charge on any atom is -0.391 e. The van der Waals surface area contributed by atoms with Gasteiger partial charge in [-0.3, -0.25) is 0 Å². The van der Waals surface area contributed by atoms with Gasteiger partial charge in [0.25, 0.3) is 0 Å². The highest BCUT2D eigenvalue weighted by molar-refractivity contribution is 4.72. The molecule has 0 amide bonds. The first kappa shape index (κ1) is 5.06. The molecule has 0 aromatic rings. The minimum atomic E-state index is -0.324. The first-order valence-corrected chi connectivity index (χ1v) is 2.34. The molecule has 0 unspecified atom stereocenters. The van der Waals surface area contributed by atoms with Crippen LogP contribution in [0.1, 0.15) is 6.42 Å². The van der Waals surface area contributed by atoms with E-state index in [0.29, 0.717) is 13.0 Å². The van der Waals surface area contributed by atoms with Gasteiger partial charge < -0.3 is 9.84 Å². The van der Waals surface area contributed by atoms with Crippen molar-refractivity contribution in [2.45, 2.75) is 18.6 Å². The van der Waals surface area contributed by atoms with Gasteiger partial charge in [0.05, 0.1) is 18.8 Å². The van der Waals surface area contributed by atoms with Gasteiger partial charge in [0, 0.05) is 6.42 Å². The third-order valence-corrected chi connectivity index (χ3v) is 1.01. The summed E-state index contributed by atoms with van der Waals surface area (Å²) in [5.41, 5.74) is 0. The molecule has 2 heteroatoms. The summed E-state index contributed by atoms with van der Waals surface area (Å²) in [6.07, 6.45) is 0.0324. The van der Waals surface area contributed by atoms with Gasteiger partial charge in [-0.1, -0.05) is 0 Å². The molecule has 40 valence electrons. The van der Waals surface area contributed by atoms with Crippen molar-refractivity contribution in [1.29, 1.82) is 0 Å². The maximum atomic E-state index is 8.69. The molecule has 2 nitrogen and oxygen atoms in total. The lowest BCUT2D eigenvalue weighted by Gasteiger charge is -1.93. The number of hydrogen-bond acceptors (Lipinski definition) is 2. The van der Waals surface area contributed by atoms with Crippen molar-refractivity contribution in [3.8, 4) is 0 Å². The second-order valence-corrected chi connectivity index (χ2v) is 1.76. The standard InChI is InChI=1S/C5H8O2/c1-4-2-5(6)3-7-4/h1,4-6H,2-3H2/t4-,5+/m0/s1. The van der Waals surface area contributed by atoms with Gasteiger partial charge in [-0.15, -0.1) is 0 Å². The van der Waals surface area contributed by atoms with Crippen molar-refractivity contribution >= 4 is 0 Å². The summed E-state index contributed by atoms with van der Waals surface area (Å²) in [5, 5.41) is 8.69. The van der Waals surface area contributed by atoms with Crippen LogP contribution in [-0.2, 0) is 4.74 Å². The second-order valence-electron chi connectivity index (χ2n) is 1.76. The van der Waals surface area contributed by atoms with Gasteiger partial charge in [-0.2, -0.15) is 0 Å². The highest BCUT2D eigenvalue weighted by Gasteiger charge is 2.18. The van der Waals surface area contributed by atoms with Crippen molar-refractivity contribution < 1.29 is 9.84 Å². The van der Waals surface area contributed by atoms with E-state index in [0.717, 1.165) is 0 Å². The van der Waals surface area contributed by atoms with Crippen LogP contribution in [0.25, 0.3) is 0 Å². The first-order chi connectivity index (χ1) is 3.29. The molecule has 1 saturated heterocycles. The van der Waals surface area contributed by atoms with Crippen LogP contribution in [0.4, 0.5) is 0 Å². The van der Waals surface area contributed by atoms with Crippen molar-refractivity contribution in [2.75, 3.05) is 6.61 Å². The highest BCUT2D eigenvalue weighted by atomic mass is 16.5. The van der Waals surface area contributed by atoms with Gasteiger partial charge >= 0.3 is 0 Å². The molecule has 2 atom stereocenters. The van der Waals surface area contributed by atoms with Crippen LogP contribution >= 0.6 is 0 Å². The molecule has 0 spiro atoms. The van der Waals surface area contributed by atoms with E-state index in [1.807, 2.05) is 0 Å². The average molecular weight is 100 g/mol. The Hall–Kier alpha value is -0.0800. The summed E-state index contributed by atoms with van der Waals surface area (Å²) in [6, 6.07) is 0. The largest absolute Gasteiger partial charge is 0.391 e. The number of ether oxygens (including phenoxy) is 1. The zero-order valence-corrected chi connectivity index (χ0v) is 4.00. The lowest BCUT2D eigenvalue weighted by atomic mass is 10.2. The van der Waals surface area contributed by atoms with Gasteiger partial charge in [-0.25, -0.2) is 0 Å². The molecule has 1 aliphatic heterocycles. The molecule has 1 heterocycles. The van der Waals surface area contributed by atoms with Crippen LogP contribution in [0.3, 0.4) is 0 Å². The van der Waals surface area contributed by atoms with E-state index in [9.17, 15) is 0 Å². The Morgan fingerprint density at radius 1 is 1.71 bits per heavy atom. The third-order valence-electron chi connectivity index (χ3n) is 1.01. The Labute approximate surface area is 43.1 Å². The Morgan fingerprint density at radius 3 is 2.57 bits per heavy atom. The van der Waals surface area contributed by atoms with Gasteiger partial charge in [0.1, 0.15) is 0 Å². The molecular weight excluding hydrogens is 92.1 g/mol. The number of rotatable bonds is 0. The first-order valence-electron chi connectivity index (χ1n) is 2.34. The van der Waals surface area contributed by atoms with Crippen LogP contribution in [0.5, 0.6) is 0 Å². The lowest BCUT2D eigenvalue weighted by molar-refractivity contribution is 0.107. The average Bonchev–Trinajstić information content (AvgIpc) is 1.87. The molecule has 2 radical (unpaired) electrons. The summed E-state index contributed by atoms with van der Waals surface area (Å²) in [5.74, 6) is 0. The van der Waals surface area contributed by atoms with Crippen LogP contribution in [0, 0.1) is 6.92 Å². The zero-order chi connectivity index (χ0) is 5.28. The predicted molar refractivity (Wildman–Crippen MR) is 24.7 cm³/mol. The zero-order valence-electron chi connectivity index (χ0n) is 4.00. The summed E-state index contributed by atoms with van der Waals surface area (Å²) in [7, 11) is 0. The molecule has 0 bridgehead atoms. The number of aliphatic hydroxyl groups is 1. The van der Waals surface area contributed by atoms with Crippen molar-refractivity contribution in [3.05, 3.63) is 6.92 Å². The molecule has 1 aliphatic rings. The third kappa shape index (κ3) is 1.14. The van der Waals surface area contributed by atoms with Crippen LogP contribution in [0.15, 0.2) is 0 Å².